The zero-order valence-electron chi connectivity index (χ0n) is 12.9. The molecule has 23 heavy (non-hydrogen) atoms. The van der Waals surface area contributed by atoms with Crippen LogP contribution in [0, 0.1) is 3.57 Å². The van der Waals surface area contributed by atoms with Crippen LogP contribution in [0.2, 0.25) is 0 Å². The minimum absolute atomic E-state index is 0.0359. The summed E-state index contributed by atoms with van der Waals surface area (Å²) in [6.07, 6.45) is 0. The summed E-state index contributed by atoms with van der Waals surface area (Å²) in [6, 6.07) is 7.31. The molecule has 0 N–H and O–H groups in total. The van der Waals surface area contributed by atoms with Gasteiger partial charge in [-0.1, -0.05) is 23.9 Å². The van der Waals surface area contributed by atoms with E-state index >= 15 is 0 Å². The van der Waals surface area contributed by atoms with Gasteiger partial charge in [0, 0.05) is 3.57 Å². The molecule has 5 nitrogen and oxygen atoms in total. The van der Waals surface area contributed by atoms with Gasteiger partial charge in [0.25, 0.3) is 0 Å². The van der Waals surface area contributed by atoms with E-state index in [0.717, 1.165) is 9.13 Å². The van der Waals surface area contributed by atoms with Gasteiger partial charge >= 0.3 is 5.97 Å². The first-order chi connectivity index (χ1) is 10.9. The van der Waals surface area contributed by atoms with Crippen LogP contribution in [0.25, 0.3) is 0 Å². The monoisotopic (exact) mass is 442 g/mol. The van der Waals surface area contributed by atoms with Crippen LogP contribution in [0.3, 0.4) is 0 Å². The Morgan fingerprint density at radius 3 is 2.61 bits per heavy atom. The Kier molecular flexibility index (Phi) is 4.50. The molecule has 1 amide bonds. The molecule has 2 aliphatic rings. The van der Waals surface area contributed by atoms with Crippen LogP contribution in [-0.2, 0) is 14.3 Å². The first-order valence-electron chi connectivity index (χ1n) is 7.07. The molecule has 2 heterocycles. The number of amidine groups is 1. The minimum atomic E-state index is -0.489. The summed E-state index contributed by atoms with van der Waals surface area (Å²) in [6.45, 7) is 3.64. The summed E-state index contributed by atoms with van der Waals surface area (Å²) in [4.78, 5) is 31.0. The Morgan fingerprint density at radius 2 is 2.00 bits per heavy atom. The summed E-state index contributed by atoms with van der Waals surface area (Å²) in [7, 11) is 1.34. The van der Waals surface area contributed by atoms with Crippen LogP contribution < -0.4 is 0 Å². The first-order valence-corrected chi connectivity index (χ1v) is 9.03. The number of carbonyl (C=O) groups excluding carboxylic acids is 2. The van der Waals surface area contributed by atoms with Crippen molar-refractivity contribution >= 4 is 51.4 Å². The number of amides is 1. The molecule has 0 bridgehead atoms. The molecule has 0 aromatic heterocycles. The molecule has 120 valence electrons. The van der Waals surface area contributed by atoms with Crippen LogP contribution in [-0.4, -0.2) is 34.3 Å². The van der Waals surface area contributed by atoms with E-state index in [9.17, 15) is 9.59 Å². The Hall–Kier alpha value is -1.35. The second-order valence-corrected chi connectivity index (χ2v) is 7.86. The number of allylic oxidation sites excluding steroid dienone is 1. The molecule has 7 heteroatoms. The lowest BCUT2D eigenvalue weighted by molar-refractivity contribution is -0.137. The number of benzene rings is 1. The summed E-state index contributed by atoms with van der Waals surface area (Å²) >= 11 is 3.65. The van der Waals surface area contributed by atoms with Crippen LogP contribution in [0.4, 0.5) is 0 Å². The van der Waals surface area contributed by atoms with E-state index in [1.807, 2.05) is 31.2 Å². The molecule has 0 radical (unpaired) electrons. The summed E-state index contributed by atoms with van der Waals surface area (Å²) in [5.41, 5.74) is 1.89. The molecule has 1 aromatic carbocycles. The number of rotatable bonds is 2. The average molecular weight is 442 g/mol. The fourth-order valence-electron chi connectivity index (χ4n) is 2.73. The predicted molar refractivity (Wildman–Crippen MR) is 98.0 cm³/mol. The van der Waals surface area contributed by atoms with Gasteiger partial charge in [-0.05, 0) is 54.1 Å². The number of ether oxygens (including phenoxy) is 1. The normalized spacial score (nSPS) is 23.7. The highest BCUT2D eigenvalue weighted by molar-refractivity contribution is 14.1. The molecular formula is C16H15IN2O3S. The predicted octanol–water partition coefficient (Wildman–Crippen LogP) is 3.11. The topological polar surface area (TPSA) is 59.0 Å². The second kappa shape index (κ2) is 6.27. The summed E-state index contributed by atoms with van der Waals surface area (Å²) in [5.74, 6) is -0.489. The number of halogens is 1. The lowest BCUT2D eigenvalue weighted by Crippen LogP contribution is -2.40. The number of aliphatic imine (C=N–C) groups is 1. The second-order valence-electron chi connectivity index (χ2n) is 5.31. The zero-order chi connectivity index (χ0) is 16.7. The van der Waals surface area contributed by atoms with E-state index in [-0.39, 0.29) is 11.2 Å². The Balaban J connectivity index is 2.17. The molecule has 0 saturated carbocycles. The Labute approximate surface area is 152 Å². The van der Waals surface area contributed by atoms with Gasteiger partial charge in [0.15, 0.2) is 5.17 Å². The van der Waals surface area contributed by atoms with Crippen molar-refractivity contribution in [2.24, 2.45) is 4.99 Å². The first kappa shape index (κ1) is 16.5. The SMILES string of the molecule is COC(=O)C1=C(C)N=C2SC(C)C(=O)N2C1c1ccc(I)cc1. The maximum atomic E-state index is 12.6. The third kappa shape index (κ3) is 2.80. The van der Waals surface area contributed by atoms with E-state index in [1.165, 1.54) is 18.9 Å². The number of carbonyl (C=O) groups is 2. The quantitative estimate of drug-likeness (QED) is 0.522. The van der Waals surface area contributed by atoms with E-state index in [4.69, 9.17) is 4.74 Å². The van der Waals surface area contributed by atoms with E-state index in [2.05, 4.69) is 27.6 Å². The van der Waals surface area contributed by atoms with Gasteiger partial charge in [0.1, 0.15) is 0 Å². The van der Waals surface area contributed by atoms with E-state index in [1.54, 1.807) is 11.8 Å². The number of hydrogen-bond acceptors (Lipinski definition) is 5. The molecular weight excluding hydrogens is 427 g/mol. The lowest BCUT2D eigenvalue weighted by Gasteiger charge is -2.32. The van der Waals surface area contributed by atoms with Crippen molar-refractivity contribution in [3.63, 3.8) is 0 Å². The number of hydrogen-bond donors (Lipinski definition) is 0. The maximum Gasteiger partial charge on any atom is 0.338 e. The van der Waals surface area contributed by atoms with Gasteiger partial charge in [-0.15, -0.1) is 0 Å². The molecule has 0 aliphatic carbocycles. The van der Waals surface area contributed by atoms with Crippen molar-refractivity contribution in [3.05, 3.63) is 44.7 Å². The van der Waals surface area contributed by atoms with Crippen molar-refractivity contribution in [2.45, 2.75) is 25.1 Å². The smallest absolute Gasteiger partial charge is 0.338 e. The largest absolute Gasteiger partial charge is 0.466 e. The molecule has 0 spiro atoms. The molecule has 1 aromatic rings. The average Bonchev–Trinajstić information content (AvgIpc) is 2.80. The standard InChI is InChI=1S/C16H15IN2O3S/c1-8-12(15(21)22-3)13(10-4-6-11(17)7-5-10)19-14(20)9(2)23-16(19)18-8/h4-7,9,13H,1-3H3. The molecule has 2 aliphatic heterocycles. The van der Waals surface area contributed by atoms with Crippen LogP contribution in [0.5, 0.6) is 0 Å². The minimum Gasteiger partial charge on any atom is -0.466 e. The molecule has 2 atom stereocenters. The van der Waals surface area contributed by atoms with E-state index in [0.29, 0.717) is 16.4 Å². The van der Waals surface area contributed by atoms with Crippen molar-refractivity contribution in [1.82, 2.24) is 4.90 Å². The number of nitrogens with zero attached hydrogens (tertiary/aromatic N) is 2. The third-order valence-electron chi connectivity index (χ3n) is 3.85. The number of esters is 1. The fourth-order valence-corrected chi connectivity index (χ4v) is 4.12. The van der Waals surface area contributed by atoms with Gasteiger partial charge in [0.2, 0.25) is 5.91 Å². The van der Waals surface area contributed by atoms with Crippen molar-refractivity contribution in [3.8, 4) is 0 Å². The highest BCUT2D eigenvalue weighted by Gasteiger charge is 2.46. The van der Waals surface area contributed by atoms with Gasteiger partial charge in [-0.3, -0.25) is 9.69 Å². The van der Waals surface area contributed by atoms with Crippen molar-refractivity contribution in [1.29, 1.82) is 0 Å². The highest BCUT2D eigenvalue weighted by Crippen LogP contribution is 2.43. The lowest BCUT2D eigenvalue weighted by atomic mass is 9.94. The molecule has 3 rings (SSSR count). The van der Waals surface area contributed by atoms with Gasteiger partial charge < -0.3 is 4.74 Å². The molecule has 1 saturated heterocycles. The van der Waals surface area contributed by atoms with Crippen LogP contribution in [0.15, 0.2) is 40.5 Å². The van der Waals surface area contributed by atoms with Crippen molar-refractivity contribution in [2.75, 3.05) is 7.11 Å². The summed E-state index contributed by atoms with van der Waals surface area (Å²) in [5, 5.41) is 0.445. The zero-order valence-corrected chi connectivity index (χ0v) is 15.8. The van der Waals surface area contributed by atoms with Crippen molar-refractivity contribution < 1.29 is 14.3 Å². The number of thioether (sulfide) groups is 1. The highest BCUT2D eigenvalue weighted by atomic mass is 127. The third-order valence-corrected chi connectivity index (χ3v) is 5.62. The fraction of sp³-hybridized carbons (Fsp3) is 0.312. The number of fused-ring (bicyclic) bond motifs is 1. The van der Waals surface area contributed by atoms with Crippen LogP contribution in [0.1, 0.15) is 25.5 Å². The Bertz CT molecular complexity index is 742. The van der Waals surface area contributed by atoms with Gasteiger partial charge in [0.05, 0.1) is 29.7 Å². The molecule has 1 fully saturated rings. The van der Waals surface area contributed by atoms with Gasteiger partial charge in [-0.25, -0.2) is 9.79 Å². The molecule has 2 unspecified atom stereocenters. The van der Waals surface area contributed by atoms with E-state index < -0.39 is 12.0 Å². The van der Waals surface area contributed by atoms with Gasteiger partial charge in [-0.2, -0.15) is 0 Å². The Morgan fingerprint density at radius 1 is 1.35 bits per heavy atom. The summed E-state index contributed by atoms with van der Waals surface area (Å²) < 4.78 is 6.02. The number of methoxy groups -OCH3 is 1. The maximum absolute atomic E-state index is 12.6. The van der Waals surface area contributed by atoms with Crippen LogP contribution >= 0.6 is 34.4 Å².